The third-order valence-electron chi connectivity index (χ3n) is 3.75. The van der Waals surface area contributed by atoms with Crippen LogP contribution in [0.25, 0.3) is 0 Å². The van der Waals surface area contributed by atoms with E-state index in [4.69, 9.17) is 4.74 Å². The largest absolute Gasteiger partial charge is 0.503 e. The van der Waals surface area contributed by atoms with E-state index < -0.39 is 17.6 Å². The first-order chi connectivity index (χ1) is 11.6. The Morgan fingerprint density at radius 1 is 1.12 bits per heavy atom. The summed E-state index contributed by atoms with van der Waals surface area (Å²) in [6, 6.07) is 15.8. The highest BCUT2D eigenvalue weighted by Gasteiger charge is 2.35. The van der Waals surface area contributed by atoms with Gasteiger partial charge in [-0.25, -0.2) is 0 Å². The predicted octanol–water partition coefficient (Wildman–Crippen LogP) is 2.49. The quantitative estimate of drug-likeness (QED) is 0.905. The molecule has 0 saturated carbocycles. The van der Waals surface area contributed by atoms with Gasteiger partial charge in [0.1, 0.15) is 5.75 Å². The number of hydrogen-bond donors (Lipinski definition) is 2. The van der Waals surface area contributed by atoms with Gasteiger partial charge in [0.15, 0.2) is 5.76 Å². The maximum Gasteiger partial charge on any atom is 0.293 e. The molecule has 1 aliphatic heterocycles. The van der Waals surface area contributed by atoms with Crippen molar-refractivity contribution in [2.45, 2.75) is 0 Å². The van der Waals surface area contributed by atoms with Gasteiger partial charge < -0.3 is 20.1 Å². The van der Waals surface area contributed by atoms with Crippen LogP contribution in [0.5, 0.6) is 5.75 Å². The molecule has 2 amide bonds. The normalized spacial score (nSPS) is 14.0. The molecule has 6 nitrogen and oxygen atoms in total. The fourth-order valence-corrected chi connectivity index (χ4v) is 2.50. The average molecular weight is 324 g/mol. The highest BCUT2D eigenvalue weighted by Crippen LogP contribution is 2.27. The van der Waals surface area contributed by atoms with Crippen LogP contribution in [0, 0.1) is 0 Å². The Morgan fingerprint density at radius 2 is 1.79 bits per heavy atom. The predicted molar refractivity (Wildman–Crippen MR) is 90.1 cm³/mol. The van der Waals surface area contributed by atoms with Crippen LogP contribution in [0.15, 0.2) is 65.9 Å². The second-order valence-corrected chi connectivity index (χ2v) is 5.21. The molecule has 0 atom stereocenters. The van der Waals surface area contributed by atoms with E-state index in [1.165, 1.54) is 12.0 Å². The molecular formula is C18H16N2O4. The Kier molecular flexibility index (Phi) is 4.20. The van der Waals surface area contributed by atoms with E-state index in [0.29, 0.717) is 17.1 Å². The van der Waals surface area contributed by atoms with E-state index in [-0.39, 0.29) is 12.1 Å². The molecule has 2 N–H and O–H groups in total. The van der Waals surface area contributed by atoms with Crippen molar-refractivity contribution >= 4 is 23.2 Å². The van der Waals surface area contributed by atoms with Crippen molar-refractivity contribution in [1.82, 2.24) is 0 Å². The molecule has 1 aliphatic rings. The maximum atomic E-state index is 12.5. The molecule has 0 spiro atoms. The Labute approximate surface area is 139 Å². The minimum atomic E-state index is -0.591. The van der Waals surface area contributed by atoms with Crippen molar-refractivity contribution in [3.05, 3.63) is 65.9 Å². The number of methoxy groups -OCH3 is 1. The number of nitrogens with one attached hydrogen (secondary N) is 1. The molecule has 2 aromatic rings. The van der Waals surface area contributed by atoms with Gasteiger partial charge in [0.25, 0.3) is 11.8 Å². The van der Waals surface area contributed by atoms with Crippen LogP contribution >= 0.6 is 0 Å². The van der Waals surface area contributed by atoms with Crippen LogP contribution in [0.2, 0.25) is 0 Å². The molecule has 2 aromatic carbocycles. The number of para-hydroxylation sites is 3. The van der Waals surface area contributed by atoms with Gasteiger partial charge in [0.05, 0.1) is 24.9 Å². The molecule has 0 bridgehead atoms. The fraction of sp³-hybridized carbons (Fsp3) is 0.111. The summed E-state index contributed by atoms with van der Waals surface area (Å²) in [6.45, 7) is 0.00959. The number of ether oxygens (including phenoxy) is 1. The lowest BCUT2D eigenvalue weighted by molar-refractivity contribution is -0.117. The smallest absolute Gasteiger partial charge is 0.293 e. The number of hydrogen-bond acceptors (Lipinski definition) is 4. The summed E-state index contributed by atoms with van der Waals surface area (Å²) in [5.41, 5.74) is 1.11. The van der Waals surface area contributed by atoms with E-state index in [2.05, 4.69) is 5.32 Å². The van der Waals surface area contributed by atoms with Crippen LogP contribution in [-0.4, -0.2) is 30.6 Å². The summed E-state index contributed by atoms with van der Waals surface area (Å²) in [6.07, 6.45) is 0. The van der Waals surface area contributed by atoms with Crippen molar-refractivity contribution in [3.8, 4) is 5.75 Å². The average Bonchev–Trinajstić information content (AvgIpc) is 2.92. The molecule has 0 unspecified atom stereocenters. The summed E-state index contributed by atoms with van der Waals surface area (Å²) >= 11 is 0. The molecule has 0 aromatic heterocycles. The summed E-state index contributed by atoms with van der Waals surface area (Å²) in [7, 11) is 1.50. The fourth-order valence-electron chi connectivity index (χ4n) is 2.50. The number of carbonyl (C=O) groups excluding carboxylic acids is 2. The second-order valence-electron chi connectivity index (χ2n) is 5.21. The van der Waals surface area contributed by atoms with Gasteiger partial charge in [0.2, 0.25) is 0 Å². The standard InChI is InChI=1S/C18H16N2O4/c1-24-15-10-6-5-9-14(15)19-17(22)13-11-20(18(23)16(13)21)12-7-3-2-4-8-12/h2-10,21H,11H2,1H3,(H,19,22). The lowest BCUT2D eigenvalue weighted by Crippen LogP contribution is -2.27. The molecular weight excluding hydrogens is 308 g/mol. The van der Waals surface area contributed by atoms with E-state index >= 15 is 0 Å². The molecule has 0 saturated heterocycles. The number of anilines is 2. The van der Waals surface area contributed by atoms with Crippen molar-refractivity contribution in [1.29, 1.82) is 0 Å². The van der Waals surface area contributed by atoms with E-state index in [9.17, 15) is 14.7 Å². The number of nitrogens with zero attached hydrogens (tertiary/aromatic N) is 1. The van der Waals surface area contributed by atoms with Gasteiger partial charge in [-0.2, -0.15) is 0 Å². The Bertz CT molecular complexity index is 815. The number of benzene rings is 2. The summed E-state index contributed by atoms with van der Waals surface area (Å²) in [4.78, 5) is 26.0. The monoisotopic (exact) mass is 324 g/mol. The Morgan fingerprint density at radius 3 is 2.50 bits per heavy atom. The first kappa shape index (κ1) is 15.6. The molecule has 3 rings (SSSR count). The third kappa shape index (κ3) is 2.81. The van der Waals surface area contributed by atoms with Gasteiger partial charge in [-0.3, -0.25) is 9.59 Å². The second kappa shape index (κ2) is 6.45. The SMILES string of the molecule is COc1ccccc1NC(=O)C1=C(O)C(=O)N(c2ccccc2)C1. The van der Waals surface area contributed by atoms with E-state index in [1.54, 1.807) is 48.5 Å². The number of amides is 2. The number of aliphatic hydroxyl groups is 1. The van der Waals surface area contributed by atoms with Gasteiger partial charge in [0, 0.05) is 5.69 Å². The maximum absolute atomic E-state index is 12.5. The molecule has 6 heteroatoms. The number of carbonyl (C=O) groups is 2. The van der Waals surface area contributed by atoms with E-state index in [1.807, 2.05) is 6.07 Å². The highest BCUT2D eigenvalue weighted by molar-refractivity contribution is 6.17. The van der Waals surface area contributed by atoms with Crippen LogP contribution in [0.3, 0.4) is 0 Å². The summed E-state index contributed by atoms with van der Waals surface area (Å²) in [5.74, 6) is -1.17. The highest BCUT2D eigenvalue weighted by atomic mass is 16.5. The van der Waals surface area contributed by atoms with Gasteiger partial charge in [-0.15, -0.1) is 0 Å². The molecule has 24 heavy (non-hydrogen) atoms. The zero-order valence-corrected chi connectivity index (χ0v) is 13.0. The van der Waals surface area contributed by atoms with Crippen molar-refractivity contribution in [2.24, 2.45) is 0 Å². The lowest BCUT2D eigenvalue weighted by atomic mass is 10.2. The van der Waals surface area contributed by atoms with Crippen molar-refractivity contribution in [3.63, 3.8) is 0 Å². The molecule has 1 heterocycles. The minimum absolute atomic E-state index is 0.00959. The van der Waals surface area contributed by atoms with E-state index in [0.717, 1.165) is 0 Å². The molecule has 0 fully saturated rings. The molecule has 122 valence electrons. The minimum Gasteiger partial charge on any atom is -0.503 e. The zero-order chi connectivity index (χ0) is 17.1. The van der Waals surface area contributed by atoms with Crippen LogP contribution in [-0.2, 0) is 9.59 Å². The third-order valence-corrected chi connectivity index (χ3v) is 3.75. The number of rotatable bonds is 4. The number of aliphatic hydroxyl groups excluding tert-OH is 1. The summed E-state index contributed by atoms with van der Waals surface area (Å²) in [5, 5.41) is 12.7. The van der Waals surface area contributed by atoms with Crippen LogP contribution in [0.1, 0.15) is 0 Å². The Hall–Kier alpha value is -3.28. The zero-order valence-electron chi connectivity index (χ0n) is 13.0. The van der Waals surface area contributed by atoms with Gasteiger partial charge >= 0.3 is 0 Å². The first-order valence-corrected chi connectivity index (χ1v) is 7.35. The van der Waals surface area contributed by atoms with Crippen LogP contribution < -0.4 is 15.0 Å². The van der Waals surface area contributed by atoms with Gasteiger partial charge in [-0.1, -0.05) is 30.3 Å². The molecule has 0 aliphatic carbocycles. The van der Waals surface area contributed by atoms with Crippen molar-refractivity contribution in [2.75, 3.05) is 23.9 Å². The Balaban J connectivity index is 1.81. The topological polar surface area (TPSA) is 78.9 Å². The molecule has 0 radical (unpaired) electrons. The first-order valence-electron chi connectivity index (χ1n) is 7.35. The van der Waals surface area contributed by atoms with Crippen molar-refractivity contribution < 1.29 is 19.4 Å². The summed E-state index contributed by atoms with van der Waals surface area (Å²) < 4.78 is 5.18. The van der Waals surface area contributed by atoms with Crippen LogP contribution in [0.4, 0.5) is 11.4 Å². The lowest BCUT2D eigenvalue weighted by Gasteiger charge is -2.16. The van der Waals surface area contributed by atoms with Gasteiger partial charge in [-0.05, 0) is 24.3 Å².